The van der Waals surface area contributed by atoms with Crippen LogP contribution >= 0.6 is 0 Å². The van der Waals surface area contributed by atoms with Crippen LogP contribution < -0.4 is 0 Å². The number of hydrogen-bond donors (Lipinski definition) is 1. The Bertz CT molecular complexity index is 645. The molecule has 0 atom stereocenters. The summed E-state index contributed by atoms with van der Waals surface area (Å²) >= 11 is 0. The minimum Gasteiger partial charge on any atom is -0.508 e. The van der Waals surface area contributed by atoms with Gasteiger partial charge in [0.05, 0.1) is 12.2 Å². The highest BCUT2D eigenvalue weighted by Crippen LogP contribution is 2.35. The second-order valence-corrected chi connectivity index (χ2v) is 4.87. The lowest BCUT2D eigenvalue weighted by Gasteiger charge is -2.17. The second-order valence-electron chi connectivity index (χ2n) is 4.87. The molecule has 0 heterocycles. The van der Waals surface area contributed by atoms with Crippen molar-refractivity contribution in [2.75, 3.05) is 6.61 Å². The fourth-order valence-corrected chi connectivity index (χ4v) is 2.49. The largest absolute Gasteiger partial charge is 0.508 e. The minimum absolute atomic E-state index is 0.134. The summed E-state index contributed by atoms with van der Waals surface area (Å²) in [5.41, 5.74) is 3.77. The maximum absolute atomic E-state index is 12.3. The second kappa shape index (κ2) is 6.44. The van der Waals surface area contributed by atoms with Gasteiger partial charge in [0.1, 0.15) is 5.75 Å². The van der Waals surface area contributed by atoms with Crippen LogP contribution in [0.25, 0.3) is 11.1 Å². The van der Waals surface area contributed by atoms with Crippen molar-refractivity contribution in [3.8, 4) is 16.9 Å². The normalized spacial score (nSPS) is 10.4. The van der Waals surface area contributed by atoms with Gasteiger partial charge in [0.25, 0.3) is 0 Å². The zero-order valence-corrected chi connectivity index (χ0v) is 12.6. The van der Waals surface area contributed by atoms with Gasteiger partial charge in [-0.2, -0.15) is 0 Å². The molecule has 0 saturated carbocycles. The minimum atomic E-state index is -0.389. The van der Waals surface area contributed by atoms with Crippen LogP contribution in [0.2, 0.25) is 0 Å². The van der Waals surface area contributed by atoms with Crippen molar-refractivity contribution in [3.05, 3.63) is 53.1 Å². The van der Waals surface area contributed by atoms with Crippen molar-refractivity contribution in [1.29, 1.82) is 0 Å². The molecule has 0 unspecified atom stereocenters. The van der Waals surface area contributed by atoms with E-state index >= 15 is 0 Å². The SMILES string of the molecule is CCOC(=O)c1c(C)c(O)cc(CC)c1-c1ccccc1. The Labute approximate surface area is 125 Å². The van der Waals surface area contributed by atoms with E-state index in [0.29, 0.717) is 17.7 Å². The number of esters is 1. The van der Waals surface area contributed by atoms with Gasteiger partial charge in [-0.25, -0.2) is 4.79 Å². The molecule has 21 heavy (non-hydrogen) atoms. The number of ether oxygens (including phenoxy) is 1. The first kappa shape index (κ1) is 15.1. The molecule has 3 heteroatoms. The van der Waals surface area contributed by atoms with Crippen LogP contribution in [-0.2, 0) is 11.2 Å². The smallest absolute Gasteiger partial charge is 0.339 e. The summed E-state index contributed by atoms with van der Waals surface area (Å²) in [4.78, 5) is 12.3. The van der Waals surface area contributed by atoms with E-state index in [-0.39, 0.29) is 11.7 Å². The first-order chi connectivity index (χ1) is 10.1. The van der Waals surface area contributed by atoms with Crippen molar-refractivity contribution in [1.82, 2.24) is 0 Å². The molecule has 0 spiro atoms. The van der Waals surface area contributed by atoms with E-state index in [1.54, 1.807) is 19.9 Å². The van der Waals surface area contributed by atoms with Crippen molar-refractivity contribution in [2.24, 2.45) is 0 Å². The van der Waals surface area contributed by atoms with Gasteiger partial charge in [-0.05, 0) is 43.0 Å². The van der Waals surface area contributed by atoms with Crippen molar-refractivity contribution < 1.29 is 14.6 Å². The van der Waals surface area contributed by atoms with Gasteiger partial charge in [0, 0.05) is 5.56 Å². The number of aryl methyl sites for hydroxylation is 1. The molecule has 0 radical (unpaired) electrons. The van der Waals surface area contributed by atoms with Crippen LogP contribution in [-0.4, -0.2) is 17.7 Å². The van der Waals surface area contributed by atoms with Crippen LogP contribution in [0.1, 0.15) is 35.3 Å². The van der Waals surface area contributed by atoms with Crippen LogP contribution in [0.4, 0.5) is 0 Å². The summed E-state index contributed by atoms with van der Waals surface area (Å²) < 4.78 is 5.18. The Balaban J connectivity index is 2.76. The van der Waals surface area contributed by atoms with Crippen LogP contribution in [0.15, 0.2) is 36.4 Å². The van der Waals surface area contributed by atoms with E-state index in [9.17, 15) is 9.90 Å². The van der Waals surface area contributed by atoms with Crippen LogP contribution in [0.3, 0.4) is 0 Å². The Kier molecular flexibility index (Phi) is 4.63. The third-order valence-electron chi connectivity index (χ3n) is 3.56. The topological polar surface area (TPSA) is 46.5 Å². The van der Waals surface area contributed by atoms with E-state index in [1.165, 1.54) is 0 Å². The lowest BCUT2D eigenvalue weighted by atomic mass is 9.89. The van der Waals surface area contributed by atoms with E-state index < -0.39 is 0 Å². The number of benzene rings is 2. The first-order valence-electron chi connectivity index (χ1n) is 7.18. The molecule has 0 aliphatic heterocycles. The predicted molar refractivity (Wildman–Crippen MR) is 83.6 cm³/mol. The van der Waals surface area contributed by atoms with E-state index in [0.717, 1.165) is 23.1 Å². The molecule has 0 aliphatic carbocycles. The fraction of sp³-hybridized carbons (Fsp3) is 0.278. The Morgan fingerprint density at radius 1 is 1.19 bits per heavy atom. The monoisotopic (exact) mass is 284 g/mol. The van der Waals surface area contributed by atoms with Gasteiger partial charge in [0.15, 0.2) is 0 Å². The third kappa shape index (κ3) is 2.92. The van der Waals surface area contributed by atoms with E-state index in [1.807, 2.05) is 37.3 Å². The summed E-state index contributed by atoms with van der Waals surface area (Å²) in [7, 11) is 0. The number of aromatic hydroxyl groups is 1. The zero-order chi connectivity index (χ0) is 15.4. The Morgan fingerprint density at radius 2 is 1.86 bits per heavy atom. The molecule has 3 nitrogen and oxygen atoms in total. The van der Waals surface area contributed by atoms with Gasteiger partial charge in [-0.15, -0.1) is 0 Å². The lowest BCUT2D eigenvalue weighted by molar-refractivity contribution is 0.0526. The fourth-order valence-electron chi connectivity index (χ4n) is 2.49. The number of phenols is 1. The molecule has 1 N–H and O–H groups in total. The maximum Gasteiger partial charge on any atom is 0.339 e. The summed E-state index contributed by atoms with van der Waals surface area (Å²) in [5.74, 6) is -0.256. The number of rotatable bonds is 4. The first-order valence-corrected chi connectivity index (χ1v) is 7.18. The van der Waals surface area contributed by atoms with Gasteiger partial charge in [-0.1, -0.05) is 37.3 Å². The molecular formula is C18H20O3. The number of hydrogen-bond acceptors (Lipinski definition) is 3. The molecular weight excluding hydrogens is 264 g/mol. The lowest BCUT2D eigenvalue weighted by Crippen LogP contribution is -2.10. The van der Waals surface area contributed by atoms with Gasteiger partial charge in [-0.3, -0.25) is 0 Å². The van der Waals surface area contributed by atoms with Crippen molar-refractivity contribution in [3.63, 3.8) is 0 Å². The molecule has 2 aromatic rings. The highest BCUT2D eigenvalue weighted by atomic mass is 16.5. The maximum atomic E-state index is 12.3. The third-order valence-corrected chi connectivity index (χ3v) is 3.56. The molecule has 0 amide bonds. The van der Waals surface area contributed by atoms with E-state index in [4.69, 9.17) is 4.74 Å². The highest BCUT2D eigenvalue weighted by molar-refractivity contribution is 6.00. The molecule has 0 aliphatic rings. The van der Waals surface area contributed by atoms with Gasteiger partial charge >= 0.3 is 5.97 Å². The summed E-state index contributed by atoms with van der Waals surface area (Å²) in [6.07, 6.45) is 0.727. The number of carbonyl (C=O) groups excluding carboxylic acids is 1. The van der Waals surface area contributed by atoms with Gasteiger partial charge < -0.3 is 9.84 Å². The summed E-state index contributed by atoms with van der Waals surface area (Å²) in [6.45, 7) is 5.83. The van der Waals surface area contributed by atoms with Crippen LogP contribution in [0, 0.1) is 6.92 Å². The van der Waals surface area contributed by atoms with E-state index in [2.05, 4.69) is 0 Å². The Morgan fingerprint density at radius 3 is 2.43 bits per heavy atom. The standard InChI is InChI=1S/C18H20O3/c1-4-13-11-15(19)12(3)16(18(20)21-5-2)17(13)14-9-7-6-8-10-14/h6-11,19H,4-5H2,1-3H3. The molecule has 2 aromatic carbocycles. The molecule has 0 aromatic heterocycles. The quantitative estimate of drug-likeness (QED) is 0.859. The highest BCUT2D eigenvalue weighted by Gasteiger charge is 2.22. The average molecular weight is 284 g/mol. The van der Waals surface area contributed by atoms with Crippen molar-refractivity contribution >= 4 is 5.97 Å². The molecule has 0 saturated heterocycles. The van der Waals surface area contributed by atoms with Crippen molar-refractivity contribution in [2.45, 2.75) is 27.2 Å². The van der Waals surface area contributed by atoms with Crippen LogP contribution in [0.5, 0.6) is 5.75 Å². The molecule has 110 valence electrons. The number of carbonyl (C=O) groups is 1. The molecule has 2 rings (SSSR count). The predicted octanol–water partition coefficient (Wildman–Crippen LogP) is 4.11. The molecule has 0 fully saturated rings. The summed E-state index contributed by atoms with van der Waals surface area (Å²) in [5, 5.41) is 10.1. The summed E-state index contributed by atoms with van der Waals surface area (Å²) in [6, 6.07) is 11.5. The van der Waals surface area contributed by atoms with Gasteiger partial charge in [0.2, 0.25) is 0 Å². The molecule has 0 bridgehead atoms. The zero-order valence-electron chi connectivity index (χ0n) is 12.6. The Hall–Kier alpha value is -2.29. The average Bonchev–Trinajstić information content (AvgIpc) is 2.50. The number of phenolic OH excluding ortho intramolecular Hbond substituents is 1.